The standard InChI is InChI=1S/C20H19NO2/c1-3-23-19-13-9-15(14-20(19)22-2)8-11-17-12-10-16-6-4-5-7-18(16)21-17/h4-14H,3H2,1-2H3/b11-8+. The lowest BCUT2D eigenvalue weighted by atomic mass is 10.1. The van der Waals surface area contributed by atoms with E-state index in [4.69, 9.17) is 9.47 Å². The Morgan fingerprint density at radius 2 is 1.83 bits per heavy atom. The molecule has 0 radical (unpaired) electrons. The number of ether oxygens (including phenoxy) is 2. The van der Waals surface area contributed by atoms with Gasteiger partial charge in [0.15, 0.2) is 11.5 Å². The van der Waals surface area contributed by atoms with Gasteiger partial charge in [-0.05, 0) is 42.8 Å². The van der Waals surface area contributed by atoms with Gasteiger partial charge in [0.2, 0.25) is 0 Å². The van der Waals surface area contributed by atoms with Crippen molar-refractivity contribution in [3.63, 3.8) is 0 Å². The van der Waals surface area contributed by atoms with Crippen molar-refractivity contribution >= 4 is 23.1 Å². The maximum atomic E-state index is 5.53. The number of rotatable bonds is 5. The van der Waals surface area contributed by atoms with Crippen LogP contribution >= 0.6 is 0 Å². The van der Waals surface area contributed by atoms with Gasteiger partial charge in [0.05, 0.1) is 24.9 Å². The highest BCUT2D eigenvalue weighted by Gasteiger charge is 2.03. The fourth-order valence-corrected chi connectivity index (χ4v) is 2.42. The molecule has 3 heteroatoms. The van der Waals surface area contributed by atoms with E-state index in [0.29, 0.717) is 6.61 Å². The quantitative estimate of drug-likeness (QED) is 0.677. The van der Waals surface area contributed by atoms with E-state index < -0.39 is 0 Å². The first kappa shape index (κ1) is 15.1. The molecule has 0 saturated heterocycles. The predicted octanol–water partition coefficient (Wildman–Crippen LogP) is 4.81. The van der Waals surface area contributed by atoms with Crippen molar-refractivity contribution in [2.24, 2.45) is 0 Å². The maximum Gasteiger partial charge on any atom is 0.161 e. The highest BCUT2D eigenvalue weighted by Crippen LogP contribution is 2.28. The van der Waals surface area contributed by atoms with Crippen LogP contribution in [0.3, 0.4) is 0 Å². The van der Waals surface area contributed by atoms with Crippen molar-refractivity contribution in [2.75, 3.05) is 13.7 Å². The molecule has 3 nitrogen and oxygen atoms in total. The lowest BCUT2D eigenvalue weighted by Gasteiger charge is -2.09. The molecule has 0 aliphatic heterocycles. The molecule has 0 N–H and O–H groups in total. The molecule has 0 amide bonds. The third-order valence-corrected chi connectivity index (χ3v) is 3.55. The van der Waals surface area contributed by atoms with Crippen LogP contribution in [-0.2, 0) is 0 Å². The Balaban J connectivity index is 1.86. The van der Waals surface area contributed by atoms with Crippen molar-refractivity contribution in [1.29, 1.82) is 0 Å². The fourth-order valence-electron chi connectivity index (χ4n) is 2.42. The summed E-state index contributed by atoms with van der Waals surface area (Å²) in [5.41, 5.74) is 2.97. The molecule has 2 aromatic carbocycles. The van der Waals surface area contributed by atoms with Gasteiger partial charge in [0.25, 0.3) is 0 Å². The van der Waals surface area contributed by atoms with E-state index in [1.54, 1.807) is 7.11 Å². The highest BCUT2D eigenvalue weighted by molar-refractivity contribution is 5.80. The lowest BCUT2D eigenvalue weighted by Crippen LogP contribution is -1.95. The van der Waals surface area contributed by atoms with Crippen molar-refractivity contribution in [1.82, 2.24) is 4.98 Å². The van der Waals surface area contributed by atoms with E-state index in [1.807, 2.05) is 61.5 Å². The molecule has 116 valence electrons. The van der Waals surface area contributed by atoms with Crippen LogP contribution < -0.4 is 9.47 Å². The van der Waals surface area contributed by atoms with Gasteiger partial charge >= 0.3 is 0 Å². The summed E-state index contributed by atoms with van der Waals surface area (Å²) in [7, 11) is 1.65. The smallest absolute Gasteiger partial charge is 0.161 e. The minimum Gasteiger partial charge on any atom is -0.493 e. The molecule has 0 atom stereocenters. The van der Waals surface area contributed by atoms with Crippen molar-refractivity contribution in [3.8, 4) is 11.5 Å². The molecule has 0 spiro atoms. The third kappa shape index (κ3) is 3.51. The first-order valence-corrected chi connectivity index (χ1v) is 7.65. The topological polar surface area (TPSA) is 31.4 Å². The van der Waals surface area contributed by atoms with E-state index in [-0.39, 0.29) is 0 Å². The van der Waals surface area contributed by atoms with Gasteiger partial charge in [0.1, 0.15) is 0 Å². The number of fused-ring (bicyclic) bond motifs is 1. The molecular formula is C20H19NO2. The molecule has 1 heterocycles. The molecule has 0 saturated carbocycles. The lowest BCUT2D eigenvalue weighted by molar-refractivity contribution is 0.311. The number of hydrogen-bond acceptors (Lipinski definition) is 3. The second kappa shape index (κ2) is 6.97. The van der Waals surface area contributed by atoms with Crippen LogP contribution in [0.15, 0.2) is 54.6 Å². The molecule has 23 heavy (non-hydrogen) atoms. The van der Waals surface area contributed by atoms with Gasteiger partial charge in [-0.25, -0.2) is 4.98 Å². The molecule has 1 aromatic heterocycles. The van der Waals surface area contributed by atoms with Gasteiger partial charge in [-0.3, -0.25) is 0 Å². The number of aromatic nitrogens is 1. The van der Waals surface area contributed by atoms with Crippen molar-refractivity contribution in [3.05, 3.63) is 65.9 Å². The molecule has 0 fully saturated rings. The van der Waals surface area contributed by atoms with Crippen LogP contribution in [0.1, 0.15) is 18.2 Å². The molecule has 0 aliphatic rings. The average molecular weight is 305 g/mol. The van der Waals surface area contributed by atoms with Crippen LogP contribution in [0.25, 0.3) is 23.1 Å². The van der Waals surface area contributed by atoms with Gasteiger partial charge in [0, 0.05) is 5.39 Å². The third-order valence-electron chi connectivity index (χ3n) is 3.55. The van der Waals surface area contributed by atoms with Crippen LogP contribution in [0, 0.1) is 0 Å². The Labute approximate surface area is 136 Å². The Hall–Kier alpha value is -2.81. The van der Waals surface area contributed by atoms with Gasteiger partial charge < -0.3 is 9.47 Å². The number of benzene rings is 2. The average Bonchev–Trinajstić information content (AvgIpc) is 2.61. The summed E-state index contributed by atoms with van der Waals surface area (Å²) in [6.07, 6.45) is 4.02. The van der Waals surface area contributed by atoms with Crippen molar-refractivity contribution in [2.45, 2.75) is 6.92 Å². The summed E-state index contributed by atoms with van der Waals surface area (Å²) < 4.78 is 10.9. The first-order valence-electron chi connectivity index (χ1n) is 7.65. The number of nitrogens with zero attached hydrogens (tertiary/aromatic N) is 1. The molecule has 0 aliphatic carbocycles. The van der Waals surface area contributed by atoms with Crippen LogP contribution in [0.5, 0.6) is 11.5 Å². The SMILES string of the molecule is CCOc1ccc(/C=C/c2ccc3ccccc3n2)cc1OC. The number of methoxy groups -OCH3 is 1. The van der Waals surface area contributed by atoms with E-state index in [1.165, 1.54) is 0 Å². The molecule has 3 rings (SSSR count). The predicted molar refractivity (Wildman–Crippen MR) is 94.8 cm³/mol. The summed E-state index contributed by atoms with van der Waals surface area (Å²) in [5, 5.41) is 1.15. The molecule has 0 unspecified atom stereocenters. The summed E-state index contributed by atoms with van der Waals surface area (Å²) in [6, 6.07) is 18.1. The normalized spacial score (nSPS) is 11.0. The molecule has 3 aromatic rings. The summed E-state index contributed by atoms with van der Waals surface area (Å²) >= 11 is 0. The van der Waals surface area contributed by atoms with Crippen LogP contribution in [-0.4, -0.2) is 18.7 Å². The zero-order chi connectivity index (χ0) is 16.1. The van der Waals surface area contributed by atoms with E-state index >= 15 is 0 Å². The van der Waals surface area contributed by atoms with Crippen LogP contribution in [0.4, 0.5) is 0 Å². The van der Waals surface area contributed by atoms with E-state index in [2.05, 4.69) is 17.1 Å². The van der Waals surface area contributed by atoms with Gasteiger partial charge in [-0.2, -0.15) is 0 Å². The Kier molecular flexibility index (Phi) is 4.57. The number of hydrogen-bond donors (Lipinski definition) is 0. The Bertz CT molecular complexity index is 840. The zero-order valence-electron chi connectivity index (χ0n) is 13.3. The maximum absolute atomic E-state index is 5.53. The monoisotopic (exact) mass is 305 g/mol. The zero-order valence-corrected chi connectivity index (χ0v) is 13.3. The van der Waals surface area contributed by atoms with Crippen molar-refractivity contribution < 1.29 is 9.47 Å². The minimum absolute atomic E-state index is 0.618. The Morgan fingerprint density at radius 3 is 2.65 bits per heavy atom. The summed E-state index contributed by atoms with van der Waals surface area (Å²) in [6.45, 7) is 2.57. The van der Waals surface area contributed by atoms with Crippen LogP contribution in [0.2, 0.25) is 0 Å². The number of para-hydroxylation sites is 1. The molecular weight excluding hydrogens is 286 g/mol. The van der Waals surface area contributed by atoms with E-state index in [0.717, 1.165) is 33.7 Å². The van der Waals surface area contributed by atoms with Gasteiger partial charge in [-0.15, -0.1) is 0 Å². The summed E-state index contributed by atoms with van der Waals surface area (Å²) in [4.78, 5) is 4.64. The van der Waals surface area contributed by atoms with Gasteiger partial charge in [-0.1, -0.05) is 36.4 Å². The number of pyridine rings is 1. The second-order valence-corrected chi connectivity index (χ2v) is 5.11. The van der Waals surface area contributed by atoms with E-state index in [9.17, 15) is 0 Å². The first-order chi connectivity index (χ1) is 11.3. The largest absolute Gasteiger partial charge is 0.493 e. The fraction of sp³-hybridized carbons (Fsp3) is 0.150. The highest BCUT2D eigenvalue weighted by atomic mass is 16.5. The molecule has 0 bridgehead atoms. The second-order valence-electron chi connectivity index (χ2n) is 5.11. The minimum atomic E-state index is 0.618. The summed E-state index contributed by atoms with van der Waals surface area (Å²) in [5.74, 6) is 1.50. The Morgan fingerprint density at radius 1 is 0.957 bits per heavy atom.